The van der Waals surface area contributed by atoms with Crippen LogP contribution in [0.2, 0.25) is 5.02 Å². The fourth-order valence-corrected chi connectivity index (χ4v) is 4.69. The lowest BCUT2D eigenvalue weighted by molar-refractivity contribution is -0.0332. The van der Waals surface area contributed by atoms with E-state index in [1.807, 2.05) is 12.1 Å². The summed E-state index contributed by atoms with van der Waals surface area (Å²) in [6.45, 7) is 3.59. The molecule has 0 bridgehead atoms. The Bertz CT molecular complexity index is 1020. The van der Waals surface area contributed by atoms with E-state index in [0.29, 0.717) is 48.9 Å². The summed E-state index contributed by atoms with van der Waals surface area (Å²) < 4.78 is 23.0. The van der Waals surface area contributed by atoms with Gasteiger partial charge in [0.05, 0.1) is 22.3 Å². The second-order valence-electron chi connectivity index (χ2n) is 6.81. The van der Waals surface area contributed by atoms with Crippen molar-refractivity contribution in [3.05, 3.63) is 64.1 Å². The number of alkyl halides is 1. The molecular weight excluding hydrogens is 413 g/mol. The minimum absolute atomic E-state index is 0.320. The highest BCUT2D eigenvalue weighted by atomic mass is 35.5. The summed E-state index contributed by atoms with van der Waals surface area (Å²) in [5, 5.41) is 0.368. The predicted molar refractivity (Wildman–Crippen MR) is 113 cm³/mol. The van der Waals surface area contributed by atoms with E-state index >= 15 is 4.39 Å². The average Bonchev–Trinajstić information content (AvgIpc) is 3.22. The number of amides is 1. The Kier molecular flexibility index (Phi) is 5.72. The minimum Gasteiger partial charge on any atom is -0.450 e. The molecule has 0 saturated carbocycles. The van der Waals surface area contributed by atoms with Crippen LogP contribution in [0.4, 0.5) is 9.18 Å². The van der Waals surface area contributed by atoms with Crippen molar-refractivity contribution in [3.8, 4) is 0 Å². The zero-order valence-corrected chi connectivity index (χ0v) is 17.5. The lowest BCUT2D eigenvalue weighted by Crippen LogP contribution is -2.55. The number of halogens is 2. The molecule has 3 aromatic rings. The molecule has 29 heavy (non-hydrogen) atoms. The summed E-state index contributed by atoms with van der Waals surface area (Å²) in [5.41, 5.74) is 3.50. The molecule has 0 spiro atoms. The number of ether oxygens (including phenoxy) is 1. The van der Waals surface area contributed by atoms with Crippen LogP contribution in [0.25, 0.3) is 10.2 Å². The number of rotatable bonds is 4. The molecule has 5 nitrogen and oxygen atoms in total. The van der Waals surface area contributed by atoms with Gasteiger partial charge in [0, 0.05) is 42.3 Å². The number of piperazine rings is 1. The third kappa shape index (κ3) is 3.70. The van der Waals surface area contributed by atoms with E-state index in [1.54, 1.807) is 52.6 Å². The Morgan fingerprint density at radius 1 is 1.24 bits per heavy atom. The number of carbonyl (C=O) groups excluding carboxylic acids is 1. The van der Waals surface area contributed by atoms with Crippen LogP contribution < -0.4 is 0 Å². The Balaban J connectivity index is 1.72. The van der Waals surface area contributed by atoms with Crippen LogP contribution in [-0.4, -0.2) is 53.7 Å². The van der Waals surface area contributed by atoms with Crippen LogP contribution in [0.3, 0.4) is 0 Å². The van der Waals surface area contributed by atoms with Gasteiger partial charge in [0.2, 0.25) is 5.79 Å². The molecule has 1 fully saturated rings. The Morgan fingerprint density at radius 2 is 2.00 bits per heavy atom. The number of nitrogens with zero attached hydrogens (tertiary/aromatic N) is 3. The molecule has 1 unspecified atom stereocenters. The summed E-state index contributed by atoms with van der Waals surface area (Å²) >= 11 is 7.91. The maximum atomic E-state index is 17.0. The van der Waals surface area contributed by atoms with E-state index in [0.717, 1.165) is 10.2 Å². The highest BCUT2D eigenvalue weighted by Crippen LogP contribution is 2.42. The van der Waals surface area contributed by atoms with Crippen LogP contribution in [0, 0.1) is 0 Å². The minimum atomic E-state index is -1.92. The van der Waals surface area contributed by atoms with Crippen molar-refractivity contribution >= 4 is 39.2 Å². The van der Waals surface area contributed by atoms with Gasteiger partial charge < -0.3 is 9.64 Å². The smallest absolute Gasteiger partial charge is 0.409 e. The molecule has 1 aromatic heterocycles. The number of aromatic nitrogens is 1. The van der Waals surface area contributed by atoms with Crippen molar-refractivity contribution in [1.29, 1.82) is 0 Å². The number of carbonyl (C=O) groups is 1. The summed E-state index contributed by atoms with van der Waals surface area (Å²) in [6.07, 6.45) is -0.361. The monoisotopic (exact) mass is 433 g/mol. The van der Waals surface area contributed by atoms with Gasteiger partial charge in [-0.3, -0.25) is 4.90 Å². The third-order valence-electron chi connectivity index (χ3n) is 5.19. The molecule has 1 aliphatic heterocycles. The molecule has 0 radical (unpaired) electrons. The van der Waals surface area contributed by atoms with Crippen molar-refractivity contribution in [2.75, 3.05) is 32.8 Å². The SMILES string of the molecule is CCOC(=O)N1CCN(C(F)(c2ccc3ncsc3c2)c2ccccc2Cl)CC1. The Morgan fingerprint density at radius 3 is 2.72 bits per heavy atom. The van der Waals surface area contributed by atoms with Crippen LogP contribution in [0.15, 0.2) is 48.0 Å². The first-order valence-electron chi connectivity index (χ1n) is 9.48. The standard InChI is InChI=1S/C21H21ClFN3O2S/c1-2-28-20(27)25-9-11-26(12-10-25)21(23,16-5-3-4-6-17(16)22)15-7-8-18-19(13-15)29-14-24-18/h3-8,13-14H,2,9-12H2,1H3. The maximum Gasteiger partial charge on any atom is 0.409 e. The first kappa shape index (κ1) is 20.1. The number of hydrogen-bond donors (Lipinski definition) is 0. The second kappa shape index (κ2) is 8.26. The molecule has 2 heterocycles. The summed E-state index contributed by atoms with van der Waals surface area (Å²) in [6, 6.07) is 12.4. The maximum absolute atomic E-state index is 17.0. The molecule has 8 heteroatoms. The molecule has 4 rings (SSSR count). The fourth-order valence-electron chi connectivity index (χ4n) is 3.71. The van der Waals surface area contributed by atoms with Crippen molar-refractivity contribution < 1.29 is 13.9 Å². The highest BCUT2D eigenvalue weighted by Gasteiger charge is 2.44. The van der Waals surface area contributed by atoms with E-state index in [-0.39, 0.29) is 6.09 Å². The second-order valence-corrected chi connectivity index (χ2v) is 8.10. The van der Waals surface area contributed by atoms with Crippen molar-refractivity contribution in [3.63, 3.8) is 0 Å². The van der Waals surface area contributed by atoms with Gasteiger partial charge in [-0.15, -0.1) is 11.3 Å². The summed E-state index contributed by atoms with van der Waals surface area (Å²) in [5.74, 6) is -1.92. The van der Waals surface area contributed by atoms with E-state index in [1.165, 1.54) is 11.3 Å². The van der Waals surface area contributed by atoms with Crippen LogP contribution in [-0.2, 0) is 10.5 Å². The Hall–Kier alpha value is -2.22. The van der Waals surface area contributed by atoms with Gasteiger partial charge in [-0.05, 0) is 25.1 Å². The van der Waals surface area contributed by atoms with Gasteiger partial charge in [0.25, 0.3) is 0 Å². The summed E-state index contributed by atoms with van der Waals surface area (Å²) in [7, 11) is 0. The molecule has 152 valence electrons. The molecule has 2 aromatic carbocycles. The van der Waals surface area contributed by atoms with E-state index in [2.05, 4.69) is 4.98 Å². The van der Waals surface area contributed by atoms with Gasteiger partial charge in [-0.25, -0.2) is 14.2 Å². The molecule has 0 N–H and O–H groups in total. The number of hydrogen-bond acceptors (Lipinski definition) is 5. The molecule has 1 atom stereocenters. The quantitative estimate of drug-likeness (QED) is 0.549. The topological polar surface area (TPSA) is 45.7 Å². The van der Waals surface area contributed by atoms with Gasteiger partial charge in [-0.1, -0.05) is 35.9 Å². The predicted octanol–water partition coefficient (Wildman–Crippen LogP) is 4.89. The van der Waals surface area contributed by atoms with Gasteiger partial charge in [-0.2, -0.15) is 0 Å². The zero-order valence-electron chi connectivity index (χ0n) is 16.0. The fraction of sp³-hybridized carbons (Fsp3) is 0.333. The van der Waals surface area contributed by atoms with Crippen molar-refractivity contribution in [1.82, 2.24) is 14.8 Å². The zero-order chi connectivity index (χ0) is 20.4. The van der Waals surface area contributed by atoms with E-state index in [9.17, 15) is 4.79 Å². The van der Waals surface area contributed by atoms with Crippen LogP contribution in [0.1, 0.15) is 18.1 Å². The molecule has 1 amide bonds. The van der Waals surface area contributed by atoms with E-state index in [4.69, 9.17) is 16.3 Å². The molecule has 1 saturated heterocycles. The van der Waals surface area contributed by atoms with Crippen LogP contribution in [0.5, 0.6) is 0 Å². The van der Waals surface area contributed by atoms with Gasteiger partial charge in [0.15, 0.2) is 0 Å². The normalized spacial score (nSPS) is 17.3. The number of benzene rings is 2. The molecule has 1 aliphatic rings. The lowest BCUT2D eigenvalue weighted by Gasteiger charge is -2.43. The number of thiazole rings is 1. The summed E-state index contributed by atoms with van der Waals surface area (Å²) in [4.78, 5) is 19.7. The number of fused-ring (bicyclic) bond motifs is 1. The van der Waals surface area contributed by atoms with Crippen molar-refractivity contribution in [2.24, 2.45) is 0 Å². The first-order valence-corrected chi connectivity index (χ1v) is 10.7. The Labute approximate surface area is 177 Å². The van der Waals surface area contributed by atoms with Gasteiger partial charge >= 0.3 is 6.09 Å². The van der Waals surface area contributed by atoms with E-state index < -0.39 is 5.79 Å². The first-order chi connectivity index (χ1) is 14.0. The van der Waals surface area contributed by atoms with Crippen LogP contribution >= 0.6 is 22.9 Å². The highest BCUT2D eigenvalue weighted by molar-refractivity contribution is 7.16. The average molecular weight is 434 g/mol. The van der Waals surface area contributed by atoms with Crippen molar-refractivity contribution in [2.45, 2.75) is 12.7 Å². The lowest BCUT2D eigenvalue weighted by atomic mass is 9.93. The third-order valence-corrected chi connectivity index (χ3v) is 6.31. The molecule has 0 aliphatic carbocycles. The van der Waals surface area contributed by atoms with Gasteiger partial charge in [0.1, 0.15) is 0 Å². The molecular formula is C21H21ClFN3O2S. The largest absolute Gasteiger partial charge is 0.450 e.